The topological polar surface area (TPSA) is 41.1 Å². The van der Waals surface area contributed by atoms with E-state index in [2.05, 4.69) is 10.6 Å². The Labute approximate surface area is 127 Å². The summed E-state index contributed by atoms with van der Waals surface area (Å²) >= 11 is 0. The van der Waals surface area contributed by atoms with Crippen molar-refractivity contribution in [2.75, 3.05) is 13.1 Å². The molecule has 1 fully saturated rings. The standard InChI is InChI=1S/C14H17F3N2O.ClH/c1-9(19-13(20)11-7-18-8-11)6-10-2-4-12(5-3-10)14(15,16)17;/h2-5,9,11,18H,6-8H2,1H3,(H,19,20);1H. The molecule has 2 rings (SSSR count). The van der Waals surface area contributed by atoms with Crippen molar-refractivity contribution in [3.8, 4) is 0 Å². The zero-order valence-corrected chi connectivity index (χ0v) is 12.4. The van der Waals surface area contributed by atoms with Crippen LogP contribution in [0.1, 0.15) is 18.1 Å². The van der Waals surface area contributed by atoms with Gasteiger partial charge in [0.2, 0.25) is 5.91 Å². The normalized spacial score (nSPS) is 16.6. The van der Waals surface area contributed by atoms with E-state index in [4.69, 9.17) is 0 Å². The van der Waals surface area contributed by atoms with Crippen molar-refractivity contribution >= 4 is 18.3 Å². The van der Waals surface area contributed by atoms with Crippen LogP contribution in [0.15, 0.2) is 24.3 Å². The maximum Gasteiger partial charge on any atom is 0.416 e. The second kappa shape index (κ2) is 7.13. The summed E-state index contributed by atoms with van der Waals surface area (Å²) in [6, 6.07) is 4.95. The first-order chi connectivity index (χ1) is 9.36. The van der Waals surface area contributed by atoms with Crippen LogP contribution >= 0.6 is 12.4 Å². The number of halogens is 4. The first-order valence-corrected chi connectivity index (χ1v) is 6.53. The second-order valence-corrected chi connectivity index (χ2v) is 5.16. The minimum absolute atomic E-state index is 0. The van der Waals surface area contributed by atoms with Crippen LogP contribution in [0.4, 0.5) is 13.2 Å². The molecule has 2 N–H and O–H groups in total. The fourth-order valence-electron chi connectivity index (χ4n) is 2.07. The maximum atomic E-state index is 12.4. The third kappa shape index (κ3) is 4.89. The fraction of sp³-hybridized carbons (Fsp3) is 0.500. The Hall–Kier alpha value is -1.27. The first kappa shape index (κ1) is 17.8. The van der Waals surface area contributed by atoms with Crippen LogP contribution in [0.25, 0.3) is 0 Å². The lowest BCUT2D eigenvalue weighted by atomic mass is 10.0. The number of benzene rings is 1. The zero-order valence-electron chi connectivity index (χ0n) is 11.5. The van der Waals surface area contributed by atoms with E-state index in [0.29, 0.717) is 19.5 Å². The van der Waals surface area contributed by atoms with Gasteiger partial charge in [0.15, 0.2) is 0 Å². The molecule has 0 aliphatic carbocycles. The molecule has 0 aromatic heterocycles. The van der Waals surface area contributed by atoms with E-state index in [0.717, 1.165) is 17.7 Å². The maximum absolute atomic E-state index is 12.4. The van der Waals surface area contributed by atoms with Crippen molar-refractivity contribution in [2.24, 2.45) is 5.92 Å². The van der Waals surface area contributed by atoms with Gasteiger partial charge in [0.05, 0.1) is 11.5 Å². The predicted octanol–water partition coefficient (Wildman–Crippen LogP) is 2.39. The number of alkyl halides is 3. The average molecular weight is 323 g/mol. The van der Waals surface area contributed by atoms with E-state index >= 15 is 0 Å². The van der Waals surface area contributed by atoms with Gasteiger partial charge in [-0.05, 0) is 31.0 Å². The Balaban J connectivity index is 0.00000220. The summed E-state index contributed by atoms with van der Waals surface area (Å²) in [6.45, 7) is 3.24. The molecule has 1 atom stereocenters. The molecule has 1 aromatic rings. The van der Waals surface area contributed by atoms with E-state index in [-0.39, 0.29) is 30.3 Å². The molecule has 0 radical (unpaired) electrons. The van der Waals surface area contributed by atoms with Gasteiger partial charge in [0.25, 0.3) is 0 Å². The molecular weight excluding hydrogens is 305 g/mol. The van der Waals surface area contributed by atoms with Crippen LogP contribution in [0.2, 0.25) is 0 Å². The monoisotopic (exact) mass is 322 g/mol. The number of carbonyl (C=O) groups is 1. The summed E-state index contributed by atoms with van der Waals surface area (Å²) in [5.41, 5.74) is 0.121. The highest BCUT2D eigenvalue weighted by molar-refractivity contribution is 5.85. The SMILES string of the molecule is CC(Cc1ccc(C(F)(F)F)cc1)NC(=O)C1CNC1.Cl. The molecule has 7 heteroatoms. The molecule has 21 heavy (non-hydrogen) atoms. The van der Waals surface area contributed by atoms with Crippen LogP contribution in [0, 0.1) is 5.92 Å². The Bertz CT molecular complexity index is 472. The third-order valence-electron chi connectivity index (χ3n) is 3.36. The number of nitrogens with one attached hydrogen (secondary N) is 2. The van der Waals surface area contributed by atoms with E-state index < -0.39 is 11.7 Å². The summed E-state index contributed by atoms with van der Waals surface area (Å²) < 4.78 is 37.3. The average Bonchev–Trinajstić information content (AvgIpc) is 2.25. The van der Waals surface area contributed by atoms with Gasteiger partial charge in [-0.25, -0.2) is 0 Å². The summed E-state index contributed by atoms with van der Waals surface area (Å²) in [7, 11) is 0. The van der Waals surface area contributed by atoms with Crippen LogP contribution in [0.5, 0.6) is 0 Å². The van der Waals surface area contributed by atoms with Crippen molar-refractivity contribution in [2.45, 2.75) is 25.6 Å². The van der Waals surface area contributed by atoms with E-state index in [9.17, 15) is 18.0 Å². The van der Waals surface area contributed by atoms with Gasteiger partial charge in [0.1, 0.15) is 0 Å². The molecule has 1 unspecified atom stereocenters. The lowest BCUT2D eigenvalue weighted by Gasteiger charge is -2.27. The van der Waals surface area contributed by atoms with Crippen LogP contribution < -0.4 is 10.6 Å². The summed E-state index contributed by atoms with van der Waals surface area (Å²) in [5, 5.41) is 5.89. The molecule has 1 saturated heterocycles. The number of rotatable bonds is 4. The molecule has 3 nitrogen and oxygen atoms in total. The quantitative estimate of drug-likeness (QED) is 0.893. The van der Waals surface area contributed by atoms with Crippen molar-refractivity contribution in [3.63, 3.8) is 0 Å². The molecule has 1 aliphatic rings. The van der Waals surface area contributed by atoms with Crippen molar-refractivity contribution in [1.82, 2.24) is 10.6 Å². The zero-order chi connectivity index (χ0) is 14.8. The van der Waals surface area contributed by atoms with Crippen molar-refractivity contribution < 1.29 is 18.0 Å². The minimum atomic E-state index is -4.31. The van der Waals surface area contributed by atoms with E-state index in [1.165, 1.54) is 12.1 Å². The molecule has 1 heterocycles. The van der Waals surface area contributed by atoms with Gasteiger partial charge < -0.3 is 10.6 Å². The summed E-state index contributed by atoms with van der Waals surface area (Å²) in [6.07, 6.45) is -3.79. The fourth-order valence-corrected chi connectivity index (χ4v) is 2.07. The molecule has 1 amide bonds. The van der Waals surface area contributed by atoms with Gasteiger partial charge in [0, 0.05) is 19.1 Å². The van der Waals surface area contributed by atoms with Crippen molar-refractivity contribution in [1.29, 1.82) is 0 Å². The lowest BCUT2D eigenvalue weighted by molar-refractivity contribution is -0.137. The van der Waals surface area contributed by atoms with E-state index in [1.807, 2.05) is 6.92 Å². The highest BCUT2D eigenvalue weighted by atomic mass is 35.5. The first-order valence-electron chi connectivity index (χ1n) is 6.53. The van der Waals surface area contributed by atoms with Crippen LogP contribution in [-0.2, 0) is 17.4 Å². The number of hydrogen-bond donors (Lipinski definition) is 2. The number of hydrogen-bond acceptors (Lipinski definition) is 2. The minimum Gasteiger partial charge on any atom is -0.353 e. The van der Waals surface area contributed by atoms with Crippen LogP contribution in [-0.4, -0.2) is 25.0 Å². The molecule has 0 saturated carbocycles. The highest BCUT2D eigenvalue weighted by Crippen LogP contribution is 2.29. The molecule has 1 aromatic carbocycles. The predicted molar refractivity (Wildman–Crippen MR) is 76.4 cm³/mol. The second-order valence-electron chi connectivity index (χ2n) is 5.16. The molecule has 118 valence electrons. The number of carbonyl (C=O) groups excluding carboxylic acids is 1. The smallest absolute Gasteiger partial charge is 0.353 e. The number of amides is 1. The van der Waals surface area contributed by atoms with Crippen LogP contribution in [0.3, 0.4) is 0 Å². The van der Waals surface area contributed by atoms with Gasteiger partial charge in [-0.1, -0.05) is 12.1 Å². The molecule has 0 bridgehead atoms. The third-order valence-corrected chi connectivity index (χ3v) is 3.36. The summed E-state index contributed by atoms with van der Waals surface area (Å²) in [5.74, 6) is 0.0215. The Kier molecular flexibility index (Phi) is 6.04. The largest absolute Gasteiger partial charge is 0.416 e. The van der Waals surface area contributed by atoms with Crippen molar-refractivity contribution in [3.05, 3.63) is 35.4 Å². The lowest BCUT2D eigenvalue weighted by Crippen LogP contribution is -2.52. The van der Waals surface area contributed by atoms with Gasteiger partial charge in [-0.3, -0.25) is 4.79 Å². The van der Waals surface area contributed by atoms with Gasteiger partial charge >= 0.3 is 6.18 Å². The van der Waals surface area contributed by atoms with E-state index in [1.54, 1.807) is 0 Å². The van der Waals surface area contributed by atoms with Gasteiger partial charge in [-0.15, -0.1) is 12.4 Å². The highest BCUT2D eigenvalue weighted by Gasteiger charge is 2.30. The Morgan fingerprint density at radius 2 is 1.90 bits per heavy atom. The Morgan fingerprint density at radius 1 is 1.33 bits per heavy atom. The van der Waals surface area contributed by atoms with Gasteiger partial charge in [-0.2, -0.15) is 13.2 Å². The molecule has 0 spiro atoms. The molecule has 1 aliphatic heterocycles. The summed E-state index contributed by atoms with van der Waals surface area (Å²) in [4.78, 5) is 11.7. The Morgan fingerprint density at radius 3 is 2.33 bits per heavy atom. The molecular formula is C14H18ClF3N2O.